The van der Waals surface area contributed by atoms with E-state index < -0.39 is 76.8 Å². The Bertz CT molecular complexity index is 697. The zero-order chi connectivity index (χ0) is 18.4. The third-order valence-corrected chi connectivity index (χ3v) is 4.26. The Labute approximate surface area is 131 Å². The van der Waals surface area contributed by atoms with Crippen LogP contribution in [0.25, 0.3) is 0 Å². The molecule has 0 radical (unpaired) electrons. The van der Waals surface area contributed by atoms with Crippen molar-refractivity contribution in [1.82, 2.24) is 0 Å². The summed E-state index contributed by atoms with van der Waals surface area (Å²) < 4.78 is 66.4. The summed E-state index contributed by atoms with van der Waals surface area (Å²) in [7, 11) is 0. The molecule has 3 atom stereocenters. The van der Waals surface area contributed by atoms with Gasteiger partial charge >= 0.3 is 11.9 Å². The van der Waals surface area contributed by atoms with Crippen molar-refractivity contribution in [2.24, 2.45) is 17.6 Å². The fourth-order valence-electron chi connectivity index (χ4n) is 2.69. The van der Waals surface area contributed by atoms with Gasteiger partial charge in [-0.05, 0) is 19.3 Å². The van der Waals surface area contributed by atoms with Gasteiger partial charge in [0.2, 0.25) is 5.82 Å². The van der Waals surface area contributed by atoms with Crippen LogP contribution in [0.15, 0.2) is 0 Å². The molecule has 0 bridgehead atoms. The zero-order valence-corrected chi connectivity index (χ0v) is 12.0. The topological polar surface area (TPSA) is 101 Å². The summed E-state index contributed by atoms with van der Waals surface area (Å²) in [5.74, 6) is -15.6. The van der Waals surface area contributed by atoms with Crippen molar-refractivity contribution >= 4 is 11.9 Å². The van der Waals surface area contributed by atoms with Crippen LogP contribution in [0.1, 0.15) is 18.4 Å². The van der Waals surface area contributed by atoms with Crippen molar-refractivity contribution in [3.63, 3.8) is 0 Å². The Hall–Kier alpha value is -2.23. The SMILES string of the molecule is NC(CCc1c(F)c(F)c(F)c(F)c1F)(C(=O)O)[C@H]1C[C@@H]1C(=O)O. The molecule has 10 heteroatoms. The lowest BCUT2D eigenvalue weighted by atomic mass is 9.86. The summed E-state index contributed by atoms with van der Waals surface area (Å²) in [6, 6.07) is 0. The number of hydrogen-bond donors (Lipinski definition) is 3. The van der Waals surface area contributed by atoms with Gasteiger partial charge in [-0.3, -0.25) is 9.59 Å². The second kappa shape index (κ2) is 6.00. The van der Waals surface area contributed by atoms with Gasteiger partial charge in [0.15, 0.2) is 23.3 Å². The second-order valence-corrected chi connectivity index (χ2v) is 5.68. The van der Waals surface area contributed by atoms with Crippen molar-refractivity contribution in [2.45, 2.75) is 24.8 Å². The van der Waals surface area contributed by atoms with Crippen LogP contribution in [-0.4, -0.2) is 27.7 Å². The number of rotatable bonds is 6. The predicted molar refractivity (Wildman–Crippen MR) is 68.3 cm³/mol. The largest absolute Gasteiger partial charge is 0.481 e. The van der Waals surface area contributed by atoms with Gasteiger partial charge in [-0.2, -0.15) is 0 Å². The fraction of sp³-hybridized carbons (Fsp3) is 0.429. The molecular formula is C14H12F5NO4. The average Bonchev–Trinajstić information content (AvgIpc) is 3.31. The molecule has 0 heterocycles. The Morgan fingerprint density at radius 3 is 1.83 bits per heavy atom. The van der Waals surface area contributed by atoms with Gasteiger partial charge in [-0.15, -0.1) is 0 Å². The number of nitrogens with two attached hydrogens (primary N) is 1. The molecule has 1 aromatic rings. The molecule has 2 rings (SSSR count). The van der Waals surface area contributed by atoms with E-state index in [1.54, 1.807) is 0 Å². The van der Waals surface area contributed by atoms with Gasteiger partial charge in [-0.1, -0.05) is 0 Å². The molecule has 1 aliphatic carbocycles. The highest BCUT2D eigenvalue weighted by Crippen LogP contribution is 2.47. The predicted octanol–water partition coefficient (Wildman–Crippen LogP) is 1.82. The molecule has 0 amide bonds. The molecule has 1 unspecified atom stereocenters. The number of halogens is 5. The molecular weight excluding hydrogens is 341 g/mol. The van der Waals surface area contributed by atoms with Gasteiger partial charge < -0.3 is 15.9 Å². The number of benzene rings is 1. The summed E-state index contributed by atoms with van der Waals surface area (Å²) in [5.41, 5.74) is 2.32. The van der Waals surface area contributed by atoms with Crippen LogP contribution < -0.4 is 5.73 Å². The summed E-state index contributed by atoms with van der Waals surface area (Å²) >= 11 is 0. The second-order valence-electron chi connectivity index (χ2n) is 5.68. The zero-order valence-electron chi connectivity index (χ0n) is 12.0. The number of carboxylic acid groups (broad SMARTS) is 2. The number of aliphatic carboxylic acids is 2. The third-order valence-electron chi connectivity index (χ3n) is 4.26. The molecule has 0 aromatic heterocycles. The number of carbonyl (C=O) groups is 2. The van der Waals surface area contributed by atoms with Crippen LogP contribution >= 0.6 is 0 Å². The molecule has 1 saturated carbocycles. The average molecular weight is 353 g/mol. The molecule has 1 fully saturated rings. The van der Waals surface area contributed by atoms with E-state index in [4.69, 9.17) is 10.8 Å². The first-order valence-corrected chi connectivity index (χ1v) is 6.77. The van der Waals surface area contributed by atoms with E-state index in [-0.39, 0.29) is 6.42 Å². The summed E-state index contributed by atoms with van der Waals surface area (Å²) in [4.78, 5) is 22.2. The lowest BCUT2D eigenvalue weighted by Crippen LogP contribution is -2.51. The summed E-state index contributed by atoms with van der Waals surface area (Å²) in [6.45, 7) is 0. The van der Waals surface area contributed by atoms with Crippen LogP contribution in [0.5, 0.6) is 0 Å². The van der Waals surface area contributed by atoms with Crippen LogP contribution in [0.2, 0.25) is 0 Å². The van der Waals surface area contributed by atoms with Crippen molar-refractivity contribution < 1.29 is 41.8 Å². The smallest absolute Gasteiger partial charge is 0.324 e. The fourth-order valence-corrected chi connectivity index (χ4v) is 2.69. The Morgan fingerprint density at radius 2 is 1.46 bits per heavy atom. The maximum Gasteiger partial charge on any atom is 0.324 e. The quantitative estimate of drug-likeness (QED) is 0.411. The number of hydrogen-bond acceptors (Lipinski definition) is 3. The summed E-state index contributed by atoms with van der Waals surface area (Å²) in [6.07, 6.45) is -1.58. The van der Waals surface area contributed by atoms with Crippen LogP contribution in [0.3, 0.4) is 0 Å². The number of carboxylic acids is 2. The Morgan fingerprint density at radius 1 is 1.00 bits per heavy atom. The standard InChI is InChI=1S/C14H12F5NO4/c15-7-4(8(16)10(18)11(19)9(7)17)1-2-14(20,13(23)24)6-3-5(6)12(21)22/h5-6H,1-3,20H2,(H,21,22)(H,23,24)/t5-,6-,14?/m0/s1. The van der Waals surface area contributed by atoms with E-state index in [9.17, 15) is 36.6 Å². The molecule has 0 aliphatic heterocycles. The maximum atomic E-state index is 13.6. The highest BCUT2D eigenvalue weighted by molar-refractivity contribution is 5.83. The molecule has 0 spiro atoms. The van der Waals surface area contributed by atoms with E-state index in [2.05, 4.69) is 0 Å². The molecule has 5 nitrogen and oxygen atoms in total. The monoisotopic (exact) mass is 353 g/mol. The minimum absolute atomic E-state index is 0.0464. The van der Waals surface area contributed by atoms with Gasteiger partial charge in [0.25, 0.3) is 0 Å². The third kappa shape index (κ3) is 2.81. The first kappa shape index (κ1) is 18.1. The van der Waals surface area contributed by atoms with Crippen LogP contribution in [0.4, 0.5) is 22.0 Å². The highest BCUT2D eigenvalue weighted by Gasteiger charge is 2.58. The molecule has 1 aromatic carbocycles. The first-order valence-electron chi connectivity index (χ1n) is 6.77. The van der Waals surface area contributed by atoms with E-state index in [0.29, 0.717) is 0 Å². The Kier molecular flexibility index (Phi) is 4.53. The summed E-state index contributed by atoms with van der Waals surface area (Å²) in [5, 5.41) is 18.0. The highest BCUT2D eigenvalue weighted by atomic mass is 19.2. The van der Waals surface area contributed by atoms with Crippen molar-refractivity contribution in [2.75, 3.05) is 0 Å². The minimum atomic E-state index is -2.32. The molecule has 4 N–H and O–H groups in total. The first-order chi connectivity index (χ1) is 11.0. The van der Waals surface area contributed by atoms with Crippen molar-refractivity contribution in [3.05, 3.63) is 34.6 Å². The van der Waals surface area contributed by atoms with Crippen molar-refractivity contribution in [3.8, 4) is 0 Å². The minimum Gasteiger partial charge on any atom is -0.481 e. The van der Waals surface area contributed by atoms with Crippen LogP contribution in [0, 0.1) is 40.9 Å². The van der Waals surface area contributed by atoms with Gasteiger partial charge in [-0.25, -0.2) is 22.0 Å². The Balaban J connectivity index is 2.29. The van der Waals surface area contributed by atoms with Gasteiger partial charge in [0, 0.05) is 11.5 Å². The molecule has 24 heavy (non-hydrogen) atoms. The molecule has 1 aliphatic rings. The van der Waals surface area contributed by atoms with E-state index in [1.807, 2.05) is 0 Å². The van der Waals surface area contributed by atoms with Crippen molar-refractivity contribution in [1.29, 1.82) is 0 Å². The molecule has 132 valence electrons. The maximum absolute atomic E-state index is 13.6. The lowest BCUT2D eigenvalue weighted by Gasteiger charge is -2.25. The van der Waals surface area contributed by atoms with E-state index in [0.717, 1.165) is 0 Å². The lowest BCUT2D eigenvalue weighted by molar-refractivity contribution is -0.145. The van der Waals surface area contributed by atoms with Gasteiger partial charge in [0.05, 0.1) is 5.92 Å². The van der Waals surface area contributed by atoms with E-state index in [1.165, 1.54) is 0 Å². The van der Waals surface area contributed by atoms with Gasteiger partial charge in [0.1, 0.15) is 5.54 Å². The van der Waals surface area contributed by atoms with E-state index >= 15 is 0 Å². The normalized spacial score (nSPS) is 22.1. The molecule has 0 saturated heterocycles. The van der Waals surface area contributed by atoms with Crippen LogP contribution in [-0.2, 0) is 16.0 Å².